The number of H-pyrrole nitrogens is 1. The van der Waals surface area contributed by atoms with Gasteiger partial charge in [-0.15, -0.1) is 0 Å². The number of aromatic amines is 1. The van der Waals surface area contributed by atoms with Gasteiger partial charge in [0.05, 0.1) is 6.54 Å². The van der Waals surface area contributed by atoms with E-state index in [0.29, 0.717) is 22.1 Å². The third-order valence-corrected chi connectivity index (χ3v) is 6.73. The molecule has 0 radical (unpaired) electrons. The van der Waals surface area contributed by atoms with Crippen molar-refractivity contribution in [2.75, 3.05) is 5.32 Å². The molecule has 2 atom stereocenters. The lowest BCUT2D eigenvalue weighted by atomic mass is 9.92. The molecule has 0 bridgehead atoms. The van der Waals surface area contributed by atoms with Crippen molar-refractivity contribution >= 4 is 39.6 Å². The number of aromatic nitrogens is 5. The number of anilines is 1. The molecule has 5 rings (SSSR count). The van der Waals surface area contributed by atoms with Crippen molar-refractivity contribution < 1.29 is 0 Å². The third-order valence-electron chi connectivity index (χ3n) is 6.40. The predicted octanol–water partition coefficient (Wildman–Crippen LogP) is 2.30. The third kappa shape index (κ3) is 3.41. The molecule has 10 heteroatoms. The number of nitrogens with zero attached hydrogens (tertiary/aromatic N) is 4. The minimum Gasteiger partial charge on any atom is -0.357 e. The van der Waals surface area contributed by atoms with Gasteiger partial charge in [-0.1, -0.05) is 17.7 Å². The number of imidazole rings is 1. The number of nitrogens with one attached hydrogen (secondary N) is 2. The van der Waals surface area contributed by atoms with Gasteiger partial charge in [-0.3, -0.25) is 13.9 Å². The van der Waals surface area contributed by atoms with Crippen LogP contribution in [0.25, 0.3) is 22.1 Å². The van der Waals surface area contributed by atoms with E-state index in [1.807, 2.05) is 24.3 Å². The molecule has 1 aliphatic rings. The van der Waals surface area contributed by atoms with E-state index in [9.17, 15) is 9.59 Å². The number of fused-ring (bicyclic) bond motifs is 2. The van der Waals surface area contributed by atoms with Crippen LogP contribution in [0.15, 0.2) is 33.9 Å². The molecule has 1 aromatic carbocycles. The second-order valence-corrected chi connectivity index (χ2v) is 9.07. The summed E-state index contributed by atoms with van der Waals surface area (Å²) in [7, 11) is 3.43. The van der Waals surface area contributed by atoms with Gasteiger partial charge >= 0.3 is 5.69 Å². The molecule has 0 saturated heterocycles. The molecule has 0 spiro atoms. The highest BCUT2D eigenvalue weighted by Gasteiger charge is 2.23. The van der Waals surface area contributed by atoms with Crippen molar-refractivity contribution in [2.24, 2.45) is 19.8 Å². The summed E-state index contributed by atoms with van der Waals surface area (Å²) in [6.07, 6.45) is 3.94. The summed E-state index contributed by atoms with van der Waals surface area (Å²) in [5.41, 5.74) is 7.64. The lowest BCUT2D eigenvalue weighted by molar-refractivity contribution is 0.407. The van der Waals surface area contributed by atoms with Crippen molar-refractivity contribution in [3.05, 3.63) is 55.8 Å². The Morgan fingerprint density at radius 2 is 2.06 bits per heavy atom. The summed E-state index contributed by atoms with van der Waals surface area (Å²) < 4.78 is 4.38. The smallest absolute Gasteiger partial charge is 0.332 e. The van der Waals surface area contributed by atoms with Crippen LogP contribution in [0.3, 0.4) is 0 Å². The molecule has 1 fully saturated rings. The van der Waals surface area contributed by atoms with E-state index < -0.39 is 5.69 Å². The Kier molecular flexibility index (Phi) is 5.10. The number of halogens is 1. The first-order chi connectivity index (χ1) is 15.3. The highest BCUT2D eigenvalue weighted by atomic mass is 35.5. The van der Waals surface area contributed by atoms with E-state index in [0.717, 1.165) is 42.3 Å². The minimum absolute atomic E-state index is 0.109. The second-order valence-electron chi connectivity index (χ2n) is 8.66. The zero-order chi connectivity index (χ0) is 22.6. The summed E-state index contributed by atoms with van der Waals surface area (Å²) >= 11 is 6.27. The Labute approximate surface area is 188 Å². The van der Waals surface area contributed by atoms with Crippen molar-refractivity contribution in [3.8, 4) is 0 Å². The molecule has 32 heavy (non-hydrogen) atoms. The molecule has 3 heterocycles. The molecule has 9 nitrogen and oxygen atoms in total. The largest absolute Gasteiger partial charge is 0.357 e. The van der Waals surface area contributed by atoms with Crippen LogP contribution in [0.1, 0.15) is 31.4 Å². The van der Waals surface area contributed by atoms with Crippen LogP contribution in [0, 0.1) is 0 Å². The van der Waals surface area contributed by atoms with Crippen LogP contribution in [0.2, 0.25) is 5.02 Å². The van der Waals surface area contributed by atoms with Crippen molar-refractivity contribution in [1.82, 2.24) is 23.7 Å². The van der Waals surface area contributed by atoms with E-state index in [1.165, 1.54) is 9.13 Å². The lowest BCUT2D eigenvalue weighted by Gasteiger charge is -2.27. The monoisotopic (exact) mass is 455 g/mol. The zero-order valence-electron chi connectivity index (χ0n) is 18.1. The first-order valence-corrected chi connectivity index (χ1v) is 11.2. The SMILES string of the molecule is Cn1c(NC2CCCC(N)C2)nc2c1c(=O)n(Cc1cc3c(Cl)cccc3[nH]1)c(=O)n2C. The Morgan fingerprint density at radius 1 is 1.25 bits per heavy atom. The van der Waals surface area contributed by atoms with Gasteiger partial charge < -0.3 is 20.6 Å². The van der Waals surface area contributed by atoms with Crippen LogP contribution in [0.5, 0.6) is 0 Å². The number of hydrogen-bond acceptors (Lipinski definition) is 5. The molecule has 4 N–H and O–H groups in total. The molecular weight excluding hydrogens is 430 g/mol. The summed E-state index contributed by atoms with van der Waals surface area (Å²) in [4.78, 5) is 34.2. The molecular formula is C22H26ClN7O2. The highest BCUT2D eigenvalue weighted by Crippen LogP contribution is 2.25. The summed E-state index contributed by atoms with van der Waals surface area (Å²) in [5.74, 6) is 0.571. The topological polar surface area (TPSA) is 116 Å². The Balaban J connectivity index is 1.56. The number of nitrogens with two attached hydrogens (primary N) is 1. The summed E-state index contributed by atoms with van der Waals surface area (Å²) in [6, 6.07) is 7.81. The maximum Gasteiger partial charge on any atom is 0.332 e. The first-order valence-electron chi connectivity index (χ1n) is 10.8. The van der Waals surface area contributed by atoms with E-state index in [1.54, 1.807) is 18.7 Å². The van der Waals surface area contributed by atoms with Gasteiger partial charge in [0.15, 0.2) is 11.2 Å². The fraction of sp³-hybridized carbons (Fsp3) is 0.409. The van der Waals surface area contributed by atoms with Crippen LogP contribution in [-0.4, -0.2) is 35.8 Å². The number of hydrogen-bond donors (Lipinski definition) is 3. The van der Waals surface area contributed by atoms with Gasteiger partial charge in [-0.25, -0.2) is 4.79 Å². The first kappa shape index (κ1) is 20.8. The normalized spacial score (nSPS) is 19.1. The average Bonchev–Trinajstić information content (AvgIpc) is 3.32. The number of benzene rings is 1. The van der Waals surface area contributed by atoms with Crippen molar-refractivity contribution in [3.63, 3.8) is 0 Å². The van der Waals surface area contributed by atoms with Gasteiger partial charge in [0, 0.05) is 47.8 Å². The number of aryl methyl sites for hydroxylation is 2. The van der Waals surface area contributed by atoms with Crippen LogP contribution in [0.4, 0.5) is 5.95 Å². The molecule has 2 unspecified atom stereocenters. The zero-order valence-corrected chi connectivity index (χ0v) is 18.8. The van der Waals surface area contributed by atoms with Gasteiger partial charge in [-0.05, 0) is 43.9 Å². The molecule has 1 aliphatic carbocycles. The van der Waals surface area contributed by atoms with E-state index in [2.05, 4.69) is 15.3 Å². The minimum atomic E-state index is -0.420. The second kappa shape index (κ2) is 7.83. The quantitative estimate of drug-likeness (QED) is 0.436. The Morgan fingerprint density at radius 3 is 2.81 bits per heavy atom. The molecule has 168 valence electrons. The maximum absolute atomic E-state index is 13.4. The maximum atomic E-state index is 13.4. The standard InChI is InChI=1S/C22H26ClN7O2/c1-28-18-19(27-21(28)26-13-6-3-5-12(24)9-13)29(2)22(32)30(20(18)31)11-14-10-15-16(23)7-4-8-17(15)25-14/h4,7-8,10,12-13,25H,3,5-6,9,11,24H2,1-2H3,(H,26,27). The fourth-order valence-electron chi connectivity index (χ4n) is 4.68. The lowest BCUT2D eigenvalue weighted by Crippen LogP contribution is -2.39. The highest BCUT2D eigenvalue weighted by molar-refractivity contribution is 6.35. The van der Waals surface area contributed by atoms with E-state index in [-0.39, 0.29) is 24.2 Å². The summed E-state index contributed by atoms with van der Waals surface area (Å²) in [6.45, 7) is 0.109. The average molecular weight is 456 g/mol. The van der Waals surface area contributed by atoms with E-state index >= 15 is 0 Å². The number of rotatable bonds is 4. The van der Waals surface area contributed by atoms with Gasteiger partial charge in [0.1, 0.15) is 0 Å². The van der Waals surface area contributed by atoms with Crippen LogP contribution < -0.4 is 22.3 Å². The van der Waals surface area contributed by atoms with E-state index in [4.69, 9.17) is 17.3 Å². The molecule has 1 saturated carbocycles. The van der Waals surface area contributed by atoms with Crippen molar-refractivity contribution in [2.45, 2.75) is 44.3 Å². The Bertz CT molecular complexity index is 1440. The fourth-order valence-corrected chi connectivity index (χ4v) is 4.91. The van der Waals surface area contributed by atoms with Gasteiger partial charge in [-0.2, -0.15) is 4.98 Å². The molecule has 0 aliphatic heterocycles. The molecule has 3 aromatic heterocycles. The van der Waals surface area contributed by atoms with Gasteiger partial charge in [0.25, 0.3) is 5.56 Å². The van der Waals surface area contributed by atoms with Crippen molar-refractivity contribution in [1.29, 1.82) is 0 Å². The Hall–Kier alpha value is -3.04. The van der Waals surface area contributed by atoms with Crippen LogP contribution >= 0.6 is 11.6 Å². The predicted molar refractivity (Wildman–Crippen MR) is 126 cm³/mol. The van der Waals surface area contributed by atoms with Crippen LogP contribution in [-0.2, 0) is 20.6 Å². The van der Waals surface area contributed by atoms with Gasteiger partial charge in [0.2, 0.25) is 5.95 Å². The molecule has 0 amide bonds. The molecule has 4 aromatic rings. The summed E-state index contributed by atoms with van der Waals surface area (Å²) in [5, 5.41) is 4.89.